The van der Waals surface area contributed by atoms with E-state index in [1.54, 1.807) is 6.20 Å². The van der Waals surface area contributed by atoms with Gasteiger partial charge in [-0.2, -0.15) is 5.10 Å². The van der Waals surface area contributed by atoms with E-state index < -0.39 is 0 Å². The summed E-state index contributed by atoms with van der Waals surface area (Å²) in [5.41, 5.74) is 3.14. The number of H-pyrrole nitrogens is 1. The minimum absolute atomic E-state index is 0.110. The molecule has 0 bridgehead atoms. The van der Waals surface area contributed by atoms with Crippen LogP contribution in [0.5, 0.6) is 0 Å². The Kier molecular flexibility index (Phi) is 1.78. The van der Waals surface area contributed by atoms with Gasteiger partial charge in [0.1, 0.15) is 0 Å². The predicted molar refractivity (Wildman–Crippen MR) is 59.5 cm³/mol. The van der Waals surface area contributed by atoms with Crippen LogP contribution in [0.15, 0.2) is 41.7 Å². The minimum atomic E-state index is 0.110. The number of hydrogen-bond donors (Lipinski definition) is 2. The highest BCUT2D eigenvalue weighted by molar-refractivity contribution is 5.83. The lowest BCUT2D eigenvalue weighted by molar-refractivity contribution is 1.04. The Morgan fingerprint density at radius 2 is 2.13 bits per heavy atom. The summed E-state index contributed by atoms with van der Waals surface area (Å²) in [7, 11) is 0. The molecule has 0 amide bonds. The third-order valence-corrected chi connectivity index (χ3v) is 2.46. The van der Waals surface area contributed by atoms with Gasteiger partial charge < -0.3 is 5.32 Å². The van der Waals surface area contributed by atoms with Crippen LogP contribution in [-0.4, -0.2) is 16.4 Å². The number of aromatic nitrogens is 2. The highest BCUT2D eigenvalue weighted by Gasteiger charge is 2.15. The van der Waals surface area contributed by atoms with E-state index in [-0.39, 0.29) is 6.04 Å². The van der Waals surface area contributed by atoms with E-state index in [2.05, 4.69) is 20.5 Å². The molecule has 2 N–H and O–H groups in total. The van der Waals surface area contributed by atoms with Gasteiger partial charge >= 0.3 is 0 Å². The summed E-state index contributed by atoms with van der Waals surface area (Å²) in [6.45, 7) is 0. The average molecular weight is 198 g/mol. The molecule has 1 aromatic heterocycles. The highest BCUT2D eigenvalue weighted by atomic mass is 15.1. The van der Waals surface area contributed by atoms with E-state index in [9.17, 15) is 0 Å². The SMILES string of the molecule is C1=Nc2ccccc2NC1c1cn[nH]c1. The molecule has 0 saturated carbocycles. The van der Waals surface area contributed by atoms with Crippen molar-refractivity contribution in [3.63, 3.8) is 0 Å². The second kappa shape index (κ2) is 3.24. The van der Waals surface area contributed by atoms with Gasteiger partial charge in [-0.15, -0.1) is 0 Å². The van der Waals surface area contributed by atoms with Crippen LogP contribution in [0.25, 0.3) is 0 Å². The second-order valence-electron chi connectivity index (χ2n) is 3.45. The number of anilines is 1. The van der Waals surface area contributed by atoms with Crippen LogP contribution >= 0.6 is 0 Å². The van der Waals surface area contributed by atoms with Gasteiger partial charge in [0.2, 0.25) is 0 Å². The highest BCUT2D eigenvalue weighted by Crippen LogP contribution is 2.31. The Bertz CT molecular complexity index is 487. The first-order valence-corrected chi connectivity index (χ1v) is 4.82. The summed E-state index contributed by atoms with van der Waals surface area (Å²) < 4.78 is 0. The van der Waals surface area contributed by atoms with Crippen molar-refractivity contribution in [2.45, 2.75) is 6.04 Å². The van der Waals surface area contributed by atoms with Gasteiger partial charge in [-0.25, -0.2) is 0 Å². The number of aromatic amines is 1. The molecule has 74 valence electrons. The number of aliphatic imine (C=N–C) groups is 1. The van der Waals surface area contributed by atoms with Crippen LogP contribution in [0.1, 0.15) is 11.6 Å². The van der Waals surface area contributed by atoms with Gasteiger partial charge in [0, 0.05) is 18.0 Å². The zero-order valence-electron chi connectivity index (χ0n) is 8.01. The molecule has 1 atom stereocenters. The number of nitrogens with zero attached hydrogens (tertiary/aromatic N) is 2. The maximum absolute atomic E-state index is 4.40. The molecule has 1 aliphatic heterocycles. The summed E-state index contributed by atoms with van der Waals surface area (Å²) in [5.74, 6) is 0. The zero-order valence-corrected chi connectivity index (χ0v) is 8.01. The van der Waals surface area contributed by atoms with Crippen LogP contribution in [0.3, 0.4) is 0 Å². The van der Waals surface area contributed by atoms with Crippen LogP contribution in [0.4, 0.5) is 11.4 Å². The number of benzene rings is 1. The fourth-order valence-corrected chi connectivity index (χ4v) is 1.67. The molecule has 15 heavy (non-hydrogen) atoms. The van der Waals surface area contributed by atoms with Crippen molar-refractivity contribution in [1.82, 2.24) is 10.2 Å². The summed E-state index contributed by atoms with van der Waals surface area (Å²) in [6.07, 6.45) is 5.57. The fourth-order valence-electron chi connectivity index (χ4n) is 1.67. The van der Waals surface area contributed by atoms with Crippen molar-refractivity contribution in [2.75, 3.05) is 5.32 Å². The lowest BCUT2D eigenvalue weighted by Crippen LogP contribution is -2.14. The van der Waals surface area contributed by atoms with Crippen LogP contribution in [0, 0.1) is 0 Å². The fraction of sp³-hybridized carbons (Fsp3) is 0.0909. The standard InChI is InChI=1S/C11H10N4/c1-2-4-10-9(3-1)12-7-11(15-10)8-5-13-14-6-8/h1-7,11,15H,(H,13,14). The molecule has 2 heterocycles. The number of fused-ring (bicyclic) bond motifs is 1. The first-order valence-electron chi connectivity index (χ1n) is 4.82. The van der Waals surface area contributed by atoms with E-state index in [0.717, 1.165) is 16.9 Å². The lowest BCUT2D eigenvalue weighted by atomic mass is 10.1. The topological polar surface area (TPSA) is 53.1 Å². The lowest BCUT2D eigenvalue weighted by Gasteiger charge is -2.19. The molecule has 1 unspecified atom stereocenters. The van der Waals surface area contributed by atoms with Crippen LogP contribution < -0.4 is 5.32 Å². The van der Waals surface area contributed by atoms with E-state index >= 15 is 0 Å². The Hall–Kier alpha value is -2.10. The summed E-state index contributed by atoms with van der Waals surface area (Å²) in [4.78, 5) is 4.40. The van der Waals surface area contributed by atoms with E-state index in [1.807, 2.05) is 36.7 Å². The Labute approximate surface area is 87.1 Å². The molecule has 2 aromatic rings. The monoisotopic (exact) mass is 198 g/mol. The number of rotatable bonds is 1. The molecular weight excluding hydrogens is 188 g/mol. The third kappa shape index (κ3) is 1.40. The number of para-hydroxylation sites is 2. The molecule has 0 spiro atoms. The van der Waals surface area contributed by atoms with Crippen molar-refractivity contribution in [3.05, 3.63) is 42.2 Å². The average Bonchev–Trinajstić information content (AvgIpc) is 2.82. The van der Waals surface area contributed by atoms with Gasteiger partial charge in [0.25, 0.3) is 0 Å². The van der Waals surface area contributed by atoms with Crippen molar-refractivity contribution in [2.24, 2.45) is 4.99 Å². The summed E-state index contributed by atoms with van der Waals surface area (Å²) in [5, 5.41) is 10.1. The maximum atomic E-state index is 4.40. The van der Waals surface area contributed by atoms with E-state index in [1.165, 1.54) is 0 Å². The molecule has 1 aliphatic rings. The van der Waals surface area contributed by atoms with Crippen LogP contribution in [-0.2, 0) is 0 Å². The van der Waals surface area contributed by atoms with Gasteiger partial charge in [-0.05, 0) is 12.1 Å². The van der Waals surface area contributed by atoms with Crippen molar-refractivity contribution in [3.8, 4) is 0 Å². The van der Waals surface area contributed by atoms with Crippen LogP contribution in [0.2, 0.25) is 0 Å². The Morgan fingerprint density at radius 3 is 3.00 bits per heavy atom. The number of nitrogens with one attached hydrogen (secondary N) is 2. The van der Waals surface area contributed by atoms with E-state index in [0.29, 0.717) is 0 Å². The minimum Gasteiger partial charge on any atom is -0.371 e. The molecule has 4 heteroatoms. The molecule has 1 aromatic carbocycles. The molecule has 0 saturated heterocycles. The largest absolute Gasteiger partial charge is 0.371 e. The predicted octanol–water partition coefficient (Wildman–Crippen LogP) is 2.28. The maximum Gasteiger partial charge on any atom is 0.0901 e. The summed E-state index contributed by atoms with van der Waals surface area (Å²) >= 11 is 0. The van der Waals surface area contributed by atoms with Gasteiger partial charge in [-0.1, -0.05) is 12.1 Å². The Balaban J connectivity index is 1.96. The van der Waals surface area contributed by atoms with Crippen molar-refractivity contribution >= 4 is 17.6 Å². The first kappa shape index (κ1) is 8.23. The van der Waals surface area contributed by atoms with Gasteiger partial charge in [0.15, 0.2) is 0 Å². The third-order valence-electron chi connectivity index (χ3n) is 2.46. The molecule has 0 radical (unpaired) electrons. The summed E-state index contributed by atoms with van der Waals surface area (Å²) in [6, 6.07) is 8.11. The molecule has 4 nitrogen and oxygen atoms in total. The smallest absolute Gasteiger partial charge is 0.0901 e. The first-order chi connectivity index (χ1) is 7.43. The van der Waals surface area contributed by atoms with Gasteiger partial charge in [0.05, 0.1) is 23.6 Å². The molecular formula is C11H10N4. The molecule has 0 fully saturated rings. The van der Waals surface area contributed by atoms with Crippen molar-refractivity contribution < 1.29 is 0 Å². The normalized spacial score (nSPS) is 18.3. The number of hydrogen-bond acceptors (Lipinski definition) is 3. The van der Waals surface area contributed by atoms with Gasteiger partial charge in [-0.3, -0.25) is 10.1 Å². The molecule has 0 aliphatic carbocycles. The second-order valence-corrected chi connectivity index (χ2v) is 3.45. The molecule has 3 rings (SSSR count). The quantitative estimate of drug-likeness (QED) is 0.738. The van der Waals surface area contributed by atoms with E-state index in [4.69, 9.17) is 0 Å². The zero-order chi connectivity index (χ0) is 10.1. The Morgan fingerprint density at radius 1 is 1.20 bits per heavy atom. The van der Waals surface area contributed by atoms with Crippen molar-refractivity contribution in [1.29, 1.82) is 0 Å².